The van der Waals surface area contributed by atoms with Crippen LogP contribution in [0.25, 0.3) is 87.6 Å². The summed E-state index contributed by atoms with van der Waals surface area (Å²) in [6.07, 6.45) is 0. The molecule has 0 spiro atoms. The SMILES string of the molecule is [2H]c1c([2H])c([2H])c(-c2c3c([2H])c([2H])c([2H])c([2H])c3c(-c3c([2H])c([2H])c([2H])c(-c4c([2H])c([2H])c([2H])c5c([2H])c([2H])c([2H])c([2H])c45)c3[2H])c3c([2H])c([2H])c(-c4c([2H])c([2H])c([2H])c5c([2H])c([2H])c([2H])c([2H])c45)c([2H])c23)c([2H])c1[2H]. The lowest BCUT2D eigenvalue weighted by atomic mass is 9.84. The van der Waals surface area contributed by atoms with Crippen molar-refractivity contribution in [3.05, 3.63) is 181 Å². The third-order valence-corrected chi connectivity index (χ3v) is 7.25. The summed E-state index contributed by atoms with van der Waals surface area (Å²) in [6, 6.07) is -30.5. The lowest BCUT2D eigenvalue weighted by molar-refractivity contribution is 1.62. The van der Waals surface area contributed by atoms with E-state index >= 15 is 0 Å². The summed E-state index contributed by atoms with van der Waals surface area (Å²) in [7, 11) is 0. The molecule has 0 aliphatic carbocycles. The van der Waals surface area contributed by atoms with Gasteiger partial charge in [-0.3, -0.25) is 0 Å². The quantitative estimate of drug-likeness (QED) is 0.173. The summed E-state index contributed by atoms with van der Waals surface area (Å²) in [6.45, 7) is 0. The topological polar surface area (TPSA) is 0 Å². The Morgan fingerprint density at radius 3 is 1.35 bits per heavy atom. The van der Waals surface area contributed by atoms with E-state index in [9.17, 15) is 16.4 Å². The van der Waals surface area contributed by atoms with Crippen molar-refractivity contribution in [3.8, 4) is 44.5 Å². The molecule has 0 aromatic heterocycles. The van der Waals surface area contributed by atoms with Crippen LogP contribution in [0.3, 0.4) is 0 Å². The third kappa shape index (κ3) is 4.30. The van der Waals surface area contributed by atoms with Gasteiger partial charge in [0.25, 0.3) is 0 Å². The first-order chi connectivity index (χ1) is 35.3. The Balaban J connectivity index is 1.68. The highest BCUT2D eigenvalue weighted by Crippen LogP contribution is 2.46. The Hall–Kier alpha value is -5.98. The van der Waals surface area contributed by atoms with Crippen molar-refractivity contribution in [2.24, 2.45) is 0 Å². The molecule has 0 amide bonds. The van der Waals surface area contributed by atoms with Gasteiger partial charge in [0.2, 0.25) is 0 Å². The second kappa shape index (κ2) is 10.9. The molecule has 0 heterocycles. The van der Waals surface area contributed by atoms with Gasteiger partial charge in [-0.1, -0.05) is 169 Å². The molecule has 9 aromatic carbocycles. The molecule has 0 radical (unpaired) electrons. The van der Waals surface area contributed by atoms with E-state index < -0.39 is 269 Å². The first-order valence-corrected chi connectivity index (χ1v) is 13.5. The zero-order chi connectivity index (χ0) is 56.6. The summed E-state index contributed by atoms with van der Waals surface area (Å²) >= 11 is 0. The van der Waals surface area contributed by atoms with Crippen molar-refractivity contribution in [2.75, 3.05) is 0 Å². The van der Waals surface area contributed by atoms with Gasteiger partial charge in [-0.05, 0) is 99.7 Å². The van der Waals surface area contributed by atoms with Crippen molar-refractivity contribution in [1.29, 1.82) is 0 Å². The first-order valence-electron chi connectivity index (χ1n) is 28.5. The maximum absolute atomic E-state index is 10.1. The van der Waals surface area contributed by atoms with Gasteiger partial charge in [0.1, 0.15) is 0 Å². The van der Waals surface area contributed by atoms with Gasteiger partial charge in [-0.25, -0.2) is 0 Å². The molecule has 0 unspecified atom stereocenters. The van der Waals surface area contributed by atoms with Crippen molar-refractivity contribution in [3.63, 3.8) is 0 Å². The Morgan fingerprint density at radius 1 is 0.261 bits per heavy atom. The van der Waals surface area contributed by atoms with E-state index in [1.54, 1.807) is 0 Å². The standard InChI is InChI=1S/C46H30/c1-2-15-33(16-3-1)45-41-23-8-9-24-42(41)46(36-20-10-19-34(29-36)39-25-11-17-31-13-4-6-21-37(31)39)43-28-27-35(30-44(43)45)40-26-12-18-32-14-5-7-22-38(32)40/h1-30H/i1D,2D,3D,4D,5D,6D,7D,8D,9D,10D,11D,12D,13D,14D,15D,16D,17D,18D,19D,20D,21D,22D,23D,24D,25D,26D,27D,28D,29D,30D. The Kier molecular flexibility index (Phi) is 2.37. The number of fused-ring (bicyclic) bond motifs is 4. The molecule has 0 fully saturated rings. The zero-order valence-electron chi connectivity index (χ0n) is 53.0. The molecule has 0 saturated heterocycles. The minimum atomic E-state index is -1.18. The molecule has 0 aliphatic heterocycles. The number of hydrogen-bond acceptors (Lipinski definition) is 0. The highest BCUT2D eigenvalue weighted by Gasteiger charge is 2.18. The predicted molar refractivity (Wildman–Crippen MR) is 198 cm³/mol. The molecule has 9 rings (SSSR count). The molecule has 0 N–H and O–H groups in total. The van der Waals surface area contributed by atoms with E-state index in [-0.39, 0.29) is 0 Å². The first kappa shape index (κ1) is 10.0. The number of benzene rings is 9. The van der Waals surface area contributed by atoms with Crippen LogP contribution in [0, 0.1) is 0 Å². The molecule has 0 aliphatic rings. The van der Waals surface area contributed by atoms with Crippen molar-refractivity contribution >= 4 is 43.1 Å². The maximum Gasteiger partial charge on any atom is 0.0636 e. The second-order valence-electron chi connectivity index (χ2n) is 9.75. The normalized spacial score (nSPS) is 20.6. The van der Waals surface area contributed by atoms with Crippen LogP contribution in [0.5, 0.6) is 0 Å². The molecule has 0 bridgehead atoms. The Labute approximate surface area is 311 Å². The van der Waals surface area contributed by atoms with Crippen LogP contribution >= 0.6 is 0 Å². The second-order valence-corrected chi connectivity index (χ2v) is 9.75. The molecule has 0 heteroatoms. The highest BCUT2D eigenvalue weighted by atomic mass is 14.2. The van der Waals surface area contributed by atoms with Crippen molar-refractivity contribution in [1.82, 2.24) is 0 Å². The lowest BCUT2D eigenvalue weighted by Gasteiger charge is -2.19. The van der Waals surface area contributed by atoms with Gasteiger partial charge in [-0.15, -0.1) is 0 Å². The predicted octanol–water partition coefficient (Wildman–Crippen LogP) is 13.0. The molecule has 214 valence electrons. The third-order valence-electron chi connectivity index (χ3n) is 7.25. The molecule has 9 aromatic rings. The van der Waals surface area contributed by atoms with E-state index in [2.05, 4.69) is 0 Å². The monoisotopic (exact) mass is 612 g/mol. The van der Waals surface area contributed by atoms with Gasteiger partial charge in [0.15, 0.2) is 0 Å². The van der Waals surface area contributed by atoms with E-state index in [4.69, 9.17) is 24.7 Å². The minimum Gasteiger partial charge on any atom is -0.0622 e. The van der Waals surface area contributed by atoms with E-state index in [0.717, 1.165) is 0 Å². The molecular weight excluding hydrogens is 553 g/mol. The van der Waals surface area contributed by atoms with Crippen LogP contribution in [-0.4, -0.2) is 0 Å². The van der Waals surface area contributed by atoms with Gasteiger partial charge in [0.05, 0.1) is 41.1 Å². The average Bonchev–Trinajstić information content (AvgIpc) is 3.40. The summed E-state index contributed by atoms with van der Waals surface area (Å²) in [5, 5.41) is -6.21. The van der Waals surface area contributed by atoms with Gasteiger partial charge in [-0.2, -0.15) is 0 Å². The van der Waals surface area contributed by atoms with Crippen LogP contribution in [0.1, 0.15) is 41.1 Å². The largest absolute Gasteiger partial charge is 0.0636 e. The van der Waals surface area contributed by atoms with E-state index in [1.807, 2.05) is 0 Å². The molecule has 0 saturated carbocycles. The van der Waals surface area contributed by atoms with Crippen LogP contribution in [-0.2, 0) is 0 Å². The number of rotatable bonds is 4. The lowest BCUT2D eigenvalue weighted by Crippen LogP contribution is -1.92. The summed E-state index contributed by atoms with van der Waals surface area (Å²) in [5.41, 5.74) is -7.09. The summed E-state index contributed by atoms with van der Waals surface area (Å²) in [4.78, 5) is 0. The Bertz CT molecular complexity index is 4230. The molecule has 0 nitrogen and oxygen atoms in total. The Morgan fingerprint density at radius 2 is 0.696 bits per heavy atom. The van der Waals surface area contributed by atoms with Crippen LogP contribution in [0.15, 0.2) is 181 Å². The smallest absolute Gasteiger partial charge is 0.0622 e. The molecule has 0 atom stereocenters. The minimum absolute atomic E-state index is 0.657. The zero-order valence-corrected chi connectivity index (χ0v) is 23.0. The fourth-order valence-corrected chi connectivity index (χ4v) is 5.31. The van der Waals surface area contributed by atoms with E-state index in [0.29, 0.717) is 0 Å². The van der Waals surface area contributed by atoms with Crippen LogP contribution in [0.2, 0.25) is 0 Å². The van der Waals surface area contributed by atoms with Gasteiger partial charge >= 0.3 is 0 Å². The fraction of sp³-hybridized carbons (Fsp3) is 0. The average molecular weight is 613 g/mol. The van der Waals surface area contributed by atoms with Gasteiger partial charge in [0, 0.05) is 0 Å². The fourth-order valence-electron chi connectivity index (χ4n) is 5.31. The van der Waals surface area contributed by atoms with Crippen LogP contribution in [0.4, 0.5) is 0 Å². The summed E-state index contributed by atoms with van der Waals surface area (Å²) in [5.74, 6) is 0. The van der Waals surface area contributed by atoms with Crippen LogP contribution < -0.4 is 0 Å². The van der Waals surface area contributed by atoms with Gasteiger partial charge < -0.3 is 0 Å². The maximum atomic E-state index is 10.1. The number of hydrogen-bond donors (Lipinski definition) is 0. The molecular formula is C46H30. The molecule has 46 heavy (non-hydrogen) atoms. The highest BCUT2D eigenvalue weighted by molar-refractivity contribution is 6.22. The summed E-state index contributed by atoms with van der Waals surface area (Å²) < 4.78 is 270. The van der Waals surface area contributed by atoms with Crippen molar-refractivity contribution < 1.29 is 41.1 Å². The van der Waals surface area contributed by atoms with Crippen molar-refractivity contribution in [2.45, 2.75) is 0 Å². The van der Waals surface area contributed by atoms with E-state index in [1.165, 1.54) is 0 Å².